The second-order valence-electron chi connectivity index (χ2n) is 6.62. The summed E-state index contributed by atoms with van der Waals surface area (Å²) in [5, 5.41) is 3.66. The van der Waals surface area contributed by atoms with E-state index in [0.717, 1.165) is 24.6 Å². The summed E-state index contributed by atoms with van der Waals surface area (Å²) in [5.74, 6) is 1.51. The second kappa shape index (κ2) is 6.78. The number of methoxy groups -OCH3 is 1. The Labute approximate surface area is 127 Å². The van der Waals surface area contributed by atoms with E-state index < -0.39 is 0 Å². The molecule has 2 aliphatic carbocycles. The third-order valence-corrected chi connectivity index (χ3v) is 5.06. The molecule has 0 heterocycles. The number of hydrogen-bond donors (Lipinski definition) is 1. The van der Waals surface area contributed by atoms with Gasteiger partial charge in [0.25, 0.3) is 0 Å². The van der Waals surface area contributed by atoms with Gasteiger partial charge in [-0.3, -0.25) is 0 Å². The zero-order chi connectivity index (χ0) is 14.7. The summed E-state index contributed by atoms with van der Waals surface area (Å²) in [4.78, 5) is 0. The average Bonchev–Trinajstić information content (AvgIpc) is 3.33. The van der Waals surface area contributed by atoms with E-state index in [0.29, 0.717) is 17.6 Å². The highest BCUT2D eigenvalue weighted by molar-refractivity contribution is 5.31. The van der Waals surface area contributed by atoms with Crippen molar-refractivity contribution in [3.05, 3.63) is 29.6 Å². The van der Waals surface area contributed by atoms with Crippen LogP contribution in [0.1, 0.15) is 44.1 Å². The van der Waals surface area contributed by atoms with Gasteiger partial charge >= 0.3 is 0 Å². The molecule has 21 heavy (non-hydrogen) atoms. The highest BCUT2D eigenvalue weighted by atomic mass is 19.1. The normalized spacial score (nSPS) is 25.8. The SMILES string of the molecule is COc1cccc(CC2CCCCC2CNC2CC2)c1F. The number of ether oxygens (including phenoxy) is 1. The van der Waals surface area contributed by atoms with Crippen molar-refractivity contribution in [2.75, 3.05) is 13.7 Å². The van der Waals surface area contributed by atoms with Gasteiger partial charge in [0.05, 0.1) is 7.11 Å². The molecule has 2 unspecified atom stereocenters. The highest BCUT2D eigenvalue weighted by Crippen LogP contribution is 2.34. The second-order valence-corrected chi connectivity index (χ2v) is 6.62. The fourth-order valence-electron chi connectivity index (χ4n) is 3.58. The van der Waals surface area contributed by atoms with E-state index in [1.54, 1.807) is 6.07 Å². The molecule has 1 aromatic rings. The van der Waals surface area contributed by atoms with Crippen LogP contribution in [0.5, 0.6) is 5.75 Å². The van der Waals surface area contributed by atoms with Gasteiger partial charge in [0, 0.05) is 6.04 Å². The van der Waals surface area contributed by atoms with Crippen LogP contribution in [0.15, 0.2) is 18.2 Å². The summed E-state index contributed by atoms with van der Waals surface area (Å²) in [7, 11) is 1.53. The van der Waals surface area contributed by atoms with Gasteiger partial charge in [0.15, 0.2) is 11.6 Å². The minimum atomic E-state index is -0.167. The molecular formula is C18H26FNO. The van der Waals surface area contributed by atoms with Gasteiger partial charge in [-0.25, -0.2) is 4.39 Å². The Morgan fingerprint density at radius 3 is 2.62 bits per heavy atom. The molecule has 3 rings (SSSR count). The molecule has 0 aromatic heterocycles. The standard InChI is InChI=1S/C18H26FNO/c1-21-17-8-4-7-14(18(17)19)11-13-5-2-3-6-15(13)12-20-16-9-10-16/h4,7-8,13,15-16,20H,2-3,5-6,9-12H2,1H3. The lowest BCUT2D eigenvalue weighted by Gasteiger charge is -2.32. The van der Waals surface area contributed by atoms with E-state index in [2.05, 4.69) is 5.32 Å². The molecule has 1 N–H and O–H groups in total. The van der Waals surface area contributed by atoms with Crippen LogP contribution in [0.2, 0.25) is 0 Å². The van der Waals surface area contributed by atoms with Crippen LogP contribution < -0.4 is 10.1 Å². The van der Waals surface area contributed by atoms with Gasteiger partial charge in [-0.05, 0) is 62.1 Å². The molecule has 0 radical (unpaired) electrons. The molecule has 0 spiro atoms. The van der Waals surface area contributed by atoms with Gasteiger partial charge in [0.1, 0.15) is 0 Å². The predicted octanol–water partition coefficient (Wildman–Crippen LogP) is 3.94. The van der Waals surface area contributed by atoms with E-state index in [1.807, 2.05) is 12.1 Å². The monoisotopic (exact) mass is 291 g/mol. The van der Waals surface area contributed by atoms with Crippen LogP contribution in [0.4, 0.5) is 4.39 Å². The molecule has 116 valence electrons. The number of hydrogen-bond acceptors (Lipinski definition) is 2. The summed E-state index contributed by atoms with van der Waals surface area (Å²) < 4.78 is 19.4. The summed E-state index contributed by atoms with van der Waals surface area (Å²) >= 11 is 0. The molecule has 2 nitrogen and oxygen atoms in total. The van der Waals surface area contributed by atoms with Crippen LogP contribution in [0.25, 0.3) is 0 Å². The molecule has 2 atom stereocenters. The fraction of sp³-hybridized carbons (Fsp3) is 0.667. The van der Waals surface area contributed by atoms with E-state index in [4.69, 9.17) is 4.74 Å². The predicted molar refractivity (Wildman–Crippen MR) is 83.1 cm³/mol. The fourth-order valence-corrected chi connectivity index (χ4v) is 3.58. The first kappa shape index (κ1) is 14.8. The smallest absolute Gasteiger partial charge is 0.168 e. The van der Waals surface area contributed by atoms with Crippen LogP contribution >= 0.6 is 0 Å². The molecule has 2 fully saturated rings. The Bertz CT molecular complexity index is 472. The molecule has 1 aromatic carbocycles. The first-order chi connectivity index (χ1) is 10.3. The summed E-state index contributed by atoms with van der Waals surface area (Å²) in [6, 6.07) is 6.28. The van der Waals surface area contributed by atoms with Crippen molar-refractivity contribution < 1.29 is 9.13 Å². The maximum absolute atomic E-state index is 14.3. The largest absolute Gasteiger partial charge is 0.494 e. The molecule has 2 aliphatic rings. The third kappa shape index (κ3) is 3.76. The van der Waals surface area contributed by atoms with Gasteiger partial charge in [0.2, 0.25) is 0 Å². The average molecular weight is 291 g/mol. The van der Waals surface area contributed by atoms with Gasteiger partial charge in [-0.2, -0.15) is 0 Å². The third-order valence-electron chi connectivity index (χ3n) is 5.06. The summed E-state index contributed by atoms with van der Waals surface area (Å²) in [6.45, 7) is 1.11. The Kier molecular flexibility index (Phi) is 4.79. The number of rotatable bonds is 6. The van der Waals surface area contributed by atoms with Crippen molar-refractivity contribution >= 4 is 0 Å². The highest BCUT2D eigenvalue weighted by Gasteiger charge is 2.28. The Hall–Kier alpha value is -1.09. The van der Waals surface area contributed by atoms with E-state index in [-0.39, 0.29) is 5.82 Å². The van der Waals surface area contributed by atoms with Crippen molar-refractivity contribution in [2.24, 2.45) is 11.8 Å². The quantitative estimate of drug-likeness (QED) is 0.857. The van der Waals surface area contributed by atoms with Gasteiger partial charge < -0.3 is 10.1 Å². The minimum Gasteiger partial charge on any atom is -0.494 e. The van der Waals surface area contributed by atoms with Crippen molar-refractivity contribution in [1.82, 2.24) is 5.32 Å². The Morgan fingerprint density at radius 1 is 1.14 bits per heavy atom. The van der Waals surface area contributed by atoms with Crippen molar-refractivity contribution in [3.8, 4) is 5.75 Å². The maximum atomic E-state index is 14.3. The van der Waals surface area contributed by atoms with Crippen molar-refractivity contribution in [3.63, 3.8) is 0 Å². The zero-order valence-electron chi connectivity index (χ0n) is 12.9. The van der Waals surface area contributed by atoms with Crippen LogP contribution in [-0.2, 0) is 6.42 Å². The first-order valence-corrected chi connectivity index (χ1v) is 8.32. The number of halogens is 1. The van der Waals surface area contributed by atoms with Crippen molar-refractivity contribution in [1.29, 1.82) is 0 Å². The van der Waals surface area contributed by atoms with Crippen LogP contribution in [-0.4, -0.2) is 19.7 Å². The van der Waals surface area contributed by atoms with Crippen LogP contribution in [0.3, 0.4) is 0 Å². The molecule has 0 aliphatic heterocycles. The first-order valence-electron chi connectivity index (χ1n) is 8.32. The Morgan fingerprint density at radius 2 is 1.90 bits per heavy atom. The minimum absolute atomic E-state index is 0.167. The van der Waals surface area contributed by atoms with Gasteiger partial charge in [-0.1, -0.05) is 25.0 Å². The maximum Gasteiger partial charge on any atom is 0.168 e. The lowest BCUT2D eigenvalue weighted by molar-refractivity contribution is 0.226. The molecule has 0 amide bonds. The van der Waals surface area contributed by atoms with E-state index in [1.165, 1.54) is 45.6 Å². The van der Waals surface area contributed by atoms with Gasteiger partial charge in [-0.15, -0.1) is 0 Å². The molecule has 2 saturated carbocycles. The molecule has 0 bridgehead atoms. The van der Waals surface area contributed by atoms with Crippen LogP contribution in [0, 0.1) is 17.7 Å². The molecule has 3 heteroatoms. The topological polar surface area (TPSA) is 21.3 Å². The van der Waals surface area contributed by atoms with E-state index in [9.17, 15) is 4.39 Å². The summed E-state index contributed by atoms with van der Waals surface area (Å²) in [6.07, 6.45) is 8.65. The lowest BCUT2D eigenvalue weighted by atomic mass is 9.76. The summed E-state index contributed by atoms with van der Waals surface area (Å²) in [5.41, 5.74) is 0.817. The zero-order valence-corrected chi connectivity index (χ0v) is 12.9. The van der Waals surface area contributed by atoms with Crippen molar-refractivity contribution in [2.45, 2.75) is 51.0 Å². The lowest BCUT2D eigenvalue weighted by Crippen LogP contribution is -2.32. The molecular weight excluding hydrogens is 265 g/mol. The number of benzene rings is 1. The molecule has 0 saturated heterocycles. The Balaban J connectivity index is 1.65. The van der Waals surface area contributed by atoms with E-state index >= 15 is 0 Å². The number of nitrogens with one attached hydrogen (secondary N) is 1.